The Bertz CT molecular complexity index is 778. The fourth-order valence-corrected chi connectivity index (χ4v) is 3.52. The Kier molecular flexibility index (Phi) is 8.51. The SMILES string of the molecule is CC(N)(C(=O)NCC(C)(C)N1CCc2ccccc2C1)c1ccccc1.Cl.Cl. The quantitative estimate of drug-likeness (QED) is 0.770. The molecule has 28 heavy (non-hydrogen) atoms. The van der Waals surface area contributed by atoms with Crippen molar-refractivity contribution in [1.29, 1.82) is 0 Å². The molecule has 0 saturated carbocycles. The molecule has 0 aliphatic carbocycles. The molecule has 1 aliphatic rings. The van der Waals surface area contributed by atoms with Gasteiger partial charge < -0.3 is 11.1 Å². The van der Waals surface area contributed by atoms with Crippen LogP contribution >= 0.6 is 24.8 Å². The van der Waals surface area contributed by atoms with Crippen LogP contribution in [0.15, 0.2) is 54.6 Å². The second kappa shape index (κ2) is 9.75. The van der Waals surface area contributed by atoms with Crippen LogP contribution in [-0.4, -0.2) is 29.4 Å². The van der Waals surface area contributed by atoms with E-state index in [9.17, 15) is 4.79 Å². The van der Waals surface area contributed by atoms with E-state index in [4.69, 9.17) is 5.73 Å². The van der Waals surface area contributed by atoms with E-state index in [0.717, 1.165) is 25.1 Å². The van der Waals surface area contributed by atoms with Gasteiger partial charge in [0.2, 0.25) is 5.91 Å². The van der Waals surface area contributed by atoms with Gasteiger partial charge in [-0.15, -0.1) is 24.8 Å². The summed E-state index contributed by atoms with van der Waals surface area (Å²) in [5.74, 6) is -0.144. The Balaban J connectivity index is 0.00000196. The summed E-state index contributed by atoms with van der Waals surface area (Å²) in [6.07, 6.45) is 1.05. The number of nitrogens with one attached hydrogen (secondary N) is 1. The molecule has 1 heterocycles. The van der Waals surface area contributed by atoms with Crippen LogP contribution in [0.3, 0.4) is 0 Å². The number of fused-ring (bicyclic) bond motifs is 1. The van der Waals surface area contributed by atoms with Crippen molar-refractivity contribution in [2.75, 3.05) is 13.1 Å². The fourth-order valence-electron chi connectivity index (χ4n) is 3.52. The first kappa shape index (κ1) is 24.4. The molecule has 2 aromatic carbocycles. The molecule has 4 nitrogen and oxygen atoms in total. The lowest BCUT2D eigenvalue weighted by atomic mass is 9.91. The summed E-state index contributed by atoms with van der Waals surface area (Å²) >= 11 is 0. The van der Waals surface area contributed by atoms with Crippen molar-refractivity contribution in [2.24, 2.45) is 5.73 Å². The number of carbonyl (C=O) groups excluding carboxylic acids is 1. The van der Waals surface area contributed by atoms with E-state index in [2.05, 4.69) is 48.3 Å². The first-order chi connectivity index (χ1) is 12.3. The first-order valence-corrected chi connectivity index (χ1v) is 9.25. The third-order valence-electron chi connectivity index (χ3n) is 5.51. The molecule has 3 N–H and O–H groups in total. The summed E-state index contributed by atoms with van der Waals surface area (Å²) in [5, 5.41) is 3.08. The Morgan fingerprint density at radius 3 is 2.21 bits per heavy atom. The van der Waals surface area contributed by atoms with Crippen molar-refractivity contribution in [1.82, 2.24) is 10.2 Å². The number of nitrogens with two attached hydrogens (primary N) is 1. The van der Waals surface area contributed by atoms with Crippen molar-refractivity contribution < 1.29 is 4.79 Å². The van der Waals surface area contributed by atoms with Crippen molar-refractivity contribution in [2.45, 2.75) is 44.8 Å². The van der Waals surface area contributed by atoms with Gasteiger partial charge in [-0.1, -0.05) is 54.6 Å². The van der Waals surface area contributed by atoms with E-state index >= 15 is 0 Å². The summed E-state index contributed by atoms with van der Waals surface area (Å²) in [4.78, 5) is 15.2. The van der Waals surface area contributed by atoms with E-state index in [1.807, 2.05) is 30.3 Å². The lowest BCUT2D eigenvalue weighted by Crippen LogP contribution is -2.57. The summed E-state index contributed by atoms with van der Waals surface area (Å²) in [6, 6.07) is 18.1. The topological polar surface area (TPSA) is 58.4 Å². The van der Waals surface area contributed by atoms with Crippen LogP contribution in [0.2, 0.25) is 0 Å². The maximum atomic E-state index is 12.7. The van der Waals surface area contributed by atoms with E-state index in [0.29, 0.717) is 6.54 Å². The molecule has 1 amide bonds. The first-order valence-electron chi connectivity index (χ1n) is 9.25. The predicted octanol–water partition coefficient (Wildman–Crippen LogP) is 3.66. The second-order valence-electron chi connectivity index (χ2n) is 8.00. The minimum atomic E-state index is -1.04. The van der Waals surface area contributed by atoms with Crippen LogP contribution in [0.1, 0.15) is 37.5 Å². The summed E-state index contributed by atoms with van der Waals surface area (Å²) in [7, 11) is 0. The highest BCUT2D eigenvalue weighted by Gasteiger charge is 2.34. The number of hydrogen-bond acceptors (Lipinski definition) is 3. The van der Waals surface area contributed by atoms with Crippen LogP contribution in [0.25, 0.3) is 0 Å². The largest absolute Gasteiger partial charge is 0.352 e. The Hall–Kier alpha value is -1.59. The van der Waals surface area contributed by atoms with Crippen LogP contribution in [-0.2, 0) is 23.3 Å². The van der Waals surface area contributed by atoms with Crippen LogP contribution in [0.5, 0.6) is 0 Å². The third kappa shape index (κ3) is 5.26. The monoisotopic (exact) mass is 423 g/mol. The molecule has 0 radical (unpaired) electrons. The summed E-state index contributed by atoms with van der Waals surface area (Å²) in [5.41, 5.74) is 8.78. The molecule has 0 saturated heterocycles. The minimum absolute atomic E-state index is 0. The molecule has 1 aliphatic heterocycles. The van der Waals surface area contributed by atoms with E-state index < -0.39 is 5.54 Å². The molecular formula is C22H31Cl2N3O. The van der Waals surface area contributed by atoms with Crippen LogP contribution in [0.4, 0.5) is 0 Å². The Labute approximate surface area is 180 Å². The highest BCUT2D eigenvalue weighted by molar-refractivity contribution is 5.87. The van der Waals surface area contributed by atoms with Crippen molar-refractivity contribution in [3.05, 3.63) is 71.3 Å². The number of carbonyl (C=O) groups is 1. The lowest BCUT2D eigenvalue weighted by Gasteiger charge is -2.42. The van der Waals surface area contributed by atoms with Gasteiger partial charge in [-0.05, 0) is 43.9 Å². The second-order valence-corrected chi connectivity index (χ2v) is 8.00. The normalized spacial score (nSPS) is 16.0. The molecule has 1 unspecified atom stereocenters. The fraction of sp³-hybridized carbons (Fsp3) is 0.409. The van der Waals surface area contributed by atoms with Gasteiger partial charge >= 0.3 is 0 Å². The number of amides is 1. The van der Waals surface area contributed by atoms with Crippen LogP contribution < -0.4 is 11.1 Å². The van der Waals surface area contributed by atoms with Gasteiger partial charge in [-0.25, -0.2) is 0 Å². The minimum Gasteiger partial charge on any atom is -0.352 e. The Morgan fingerprint density at radius 2 is 1.57 bits per heavy atom. The zero-order valence-corrected chi connectivity index (χ0v) is 18.4. The van der Waals surface area contributed by atoms with Gasteiger partial charge in [0.05, 0.1) is 0 Å². The molecule has 2 aromatic rings. The summed E-state index contributed by atoms with van der Waals surface area (Å²) in [6.45, 7) is 8.60. The van der Waals surface area contributed by atoms with Crippen molar-refractivity contribution in [3.63, 3.8) is 0 Å². The number of nitrogens with zero attached hydrogens (tertiary/aromatic N) is 1. The molecule has 0 spiro atoms. The molecular weight excluding hydrogens is 393 g/mol. The highest BCUT2D eigenvalue weighted by atomic mass is 35.5. The van der Waals surface area contributed by atoms with E-state index in [1.165, 1.54) is 11.1 Å². The molecule has 3 rings (SSSR count). The summed E-state index contributed by atoms with van der Waals surface area (Å²) < 4.78 is 0. The van der Waals surface area contributed by atoms with Gasteiger partial charge in [-0.3, -0.25) is 9.69 Å². The molecule has 154 valence electrons. The molecule has 0 bridgehead atoms. The number of hydrogen-bond donors (Lipinski definition) is 2. The maximum Gasteiger partial charge on any atom is 0.244 e. The average Bonchev–Trinajstić information content (AvgIpc) is 2.66. The van der Waals surface area contributed by atoms with Gasteiger partial charge in [0, 0.05) is 25.2 Å². The van der Waals surface area contributed by atoms with Crippen molar-refractivity contribution in [3.8, 4) is 0 Å². The molecule has 0 aromatic heterocycles. The zero-order chi connectivity index (χ0) is 18.8. The molecule has 6 heteroatoms. The smallest absolute Gasteiger partial charge is 0.244 e. The van der Waals surface area contributed by atoms with Gasteiger partial charge in [0.15, 0.2) is 0 Å². The molecule has 1 atom stereocenters. The number of halogens is 2. The zero-order valence-electron chi connectivity index (χ0n) is 16.8. The lowest BCUT2D eigenvalue weighted by molar-refractivity contribution is -0.126. The van der Waals surface area contributed by atoms with E-state index in [1.54, 1.807) is 6.92 Å². The van der Waals surface area contributed by atoms with Gasteiger partial charge in [-0.2, -0.15) is 0 Å². The Morgan fingerprint density at radius 1 is 1.00 bits per heavy atom. The molecule has 0 fully saturated rings. The predicted molar refractivity (Wildman–Crippen MR) is 120 cm³/mol. The van der Waals surface area contributed by atoms with Gasteiger partial charge in [0.1, 0.15) is 5.54 Å². The highest BCUT2D eigenvalue weighted by Crippen LogP contribution is 2.25. The number of rotatable bonds is 5. The standard InChI is InChI=1S/C22H29N3O.2ClH/c1-21(2,25-14-13-17-9-7-8-10-18(17)15-25)16-24-20(26)22(3,23)19-11-5-4-6-12-19;;/h4-12H,13-16,23H2,1-3H3,(H,24,26);2*1H. The van der Waals surface area contributed by atoms with E-state index in [-0.39, 0.29) is 36.3 Å². The number of benzene rings is 2. The van der Waals surface area contributed by atoms with Crippen LogP contribution in [0, 0.1) is 0 Å². The maximum absolute atomic E-state index is 12.7. The average molecular weight is 424 g/mol. The van der Waals surface area contributed by atoms with Crippen molar-refractivity contribution >= 4 is 30.7 Å². The van der Waals surface area contributed by atoms with Gasteiger partial charge in [0.25, 0.3) is 0 Å². The third-order valence-corrected chi connectivity index (χ3v) is 5.51.